The number of halogens is 3. The Balaban J connectivity index is 1.68. The van der Waals surface area contributed by atoms with Gasteiger partial charge in [-0.05, 0) is 65.4 Å². The number of nitrogens with one attached hydrogen (secondary N) is 1. The van der Waals surface area contributed by atoms with E-state index in [1.54, 1.807) is 33.1 Å². The molecule has 1 fully saturated rings. The summed E-state index contributed by atoms with van der Waals surface area (Å²) in [5.41, 5.74) is 5.48. The van der Waals surface area contributed by atoms with E-state index >= 15 is 0 Å². The predicted molar refractivity (Wildman–Crippen MR) is 132 cm³/mol. The minimum atomic E-state index is -4.53. The minimum Gasteiger partial charge on any atom is -0.493 e. The third-order valence-corrected chi connectivity index (χ3v) is 6.75. The Labute approximate surface area is 208 Å². The topological polar surface area (TPSA) is 98.4 Å². The largest absolute Gasteiger partial charge is 0.493 e. The smallest absolute Gasteiger partial charge is 0.416 e. The summed E-state index contributed by atoms with van der Waals surface area (Å²) in [4.78, 5) is 15.4. The van der Waals surface area contributed by atoms with E-state index < -0.39 is 17.8 Å². The van der Waals surface area contributed by atoms with Crippen molar-refractivity contribution in [2.45, 2.75) is 51.4 Å². The molecule has 2 aromatic heterocycles. The molecule has 2 atom stereocenters. The second-order valence-corrected chi connectivity index (χ2v) is 9.52. The number of fused-ring (bicyclic) bond motifs is 1. The molecule has 0 unspecified atom stereocenters. The Morgan fingerprint density at radius 1 is 1.17 bits per heavy atom. The van der Waals surface area contributed by atoms with E-state index in [1.807, 2.05) is 0 Å². The molecule has 0 bridgehead atoms. The normalized spacial score (nSPS) is 19.4. The summed E-state index contributed by atoms with van der Waals surface area (Å²) in [6.45, 7) is 7.10. The van der Waals surface area contributed by atoms with Crippen LogP contribution in [-0.2, 0) is 6.18 Å². The highest BCUT2D eigenvalue weighted by Crippen LogP contribution is 2.37. The van der Waals surface area contributed by atoms with E-state index in [-0.39, 0.29) is 17.1 Å². The molecule has 3 aromatic rings. The molecule has 11 heteroatoms. The van der Waals surface area contributed by atoms with Crippen molar-refractivity contribution in [3.8, 4) is 11.5 Å². The summed E-state index contributed by atoms with van der Waals surface area (Å²) in [6, 6.07) is 4.76. The lowest BCUT2D eigenvalue weighted by molar-refractivity contribution is -0.137. The summed E-state index contributed by atoms with van der Waals surface area (Å²) in [5.74, 6) is 1.80. The van der Waals surface area contributed by atoms with Crippen molar-refractivity contribution in [1.29, 1.82) is 0 Å². The zero-order valence-corrected chi connectivity index (χ0v) is 21.0. The highest BCUT2D eigenvalue weighted by atomic mass is 19.4. The zero-order chi connectivity index (χ0) is 26.3. The molecule has 194 valence electrons. The van der Waals surface area contributed by atoms with Crippen LogP contribution in [0, 0.1) is 6.92 Å². The molecule has 0 saturated carbocycles. The lowest BCUT2D eigenvalue weighted by atomic mass is 10.0. The number of likely N-dealkylation sites (N-methyl/N-ethyl adjacent to an activating group) is 1. The molecule has 0 aliphatic carbocycles. The van der Waals surface area contributed by atoms with Gasteiger partial charge in [-0.25, -0.2) is 15.0 Å². The van der Waals surface area contributed by atoms with Crippen LogP contribution in [0.5, 0.6) is 11.5 Å². The molecular formula is C25H31F3N6O2. The highest BCUT2D eigenvalue weighted by Gasteiger charge is 2.35. The summed E-state index contributed by atoms with van der Waals surface area (Å²) in [5, 5.41) is 3.83. The van der Waals surface area contributed by atoms with Crippen LogP contribution in [0.2, 0.25) is 0 Å². The second kappa shape index (κ2) is 9.61. The van der Waals surface area contributed by atoms with Crippen LogP contribution in [0.4, 0.5) is 24.8 Å². The quantitative estimate of drug-likeness (QED) is 0.465. The van der Waals surface area contributed by atoms with Gasteiger partial charge in [0.25, 0.3) is 0 Å². The van der Waals surface area contributed by atoms with Crippen LogP contribution in [0.3, 0.4) is 0 Å². The fraction of sp³-hybridized carbons (Fsp3) is 0.480. The number of aryl methyl sites for hydroxylation is 1. The number of hydrogen-bond acceptors (Lipinski definition) is 8. The van der Waals surface area contributed by atoms with E-state index in [2.05, 4.69) is 39.1 Å². The Morgan fingerprint density at radius 3 is 2.56 bits per heavy atom. The van der Waals surface area contributed by atoms with Crippen LogP contribution in [-0.4, -0.2) is 52.7 Å². The van der Waals surface area contributed by atoms with Crippen molar-refractivity contribution in [2.75, 3.05) is 38.4 Å². The maximum Gasteiger partial charge on any atom is 0.416 e. The number of methoxy groups -OCH3 is 1. The number of alkyl halides is 3. The van der Waals surface area contributed by atoms with Crippen LogP contribution < -0.4 is 20.5 Å². The summed E-state index contributed by atoms with van der Waals surface area (Å²) < 4.78 is 51.7. The van der Waals surface area contributed by atoms with Crippen molar-refractivity contribution in [3.63, 3.8) is 0 Å². The van der Waals surface area contributed by atoms with Gasteiger partial charge >= 0.3 is 6.18 Å². The number of likely N-dealkylation sites (tertiary alicyclic amines) is 1. The maximum atomic E-state index is 13.3. The third kappa shape index (κ3) is 5.25. The number of ether oxygens (including phenoxy) is 2. The number of aromatic nitrogens is 3. The number of pyridine rings is 1. The van der Waals surface area contributed by atoms with Crippen molar-refractivity contribution in [1.82, 2.24) is 19.9 Å². The first-order valence-corrected chi connectivity index (χ1v) is 11.7. The average Bonchev–Trinajstić information content (AvgIpc) is 3.14. The molecule has 1 aromatic carbocycles. The first kappa shape index (κ1) is 25.7. The van der Waals surface area contributed by atoms with Crippen molar-refractivity contribution >= 4 is 22.5 Å². The van der Waals surface area contributed by atoms with E-state index in [4.69, 9.17) is 15.2 Å². The fourth-order valence-electron chi connectivity index (χ4n) is 4.45. The number of rotatable bonds is 7. The van der Waals surface area contributed by atoms with Crippen LogP contribution in [0.1, 0.15) is 49.8 Å². The molecule has 36 heavy (non-hydrogen) atoms. The summed E-state index contributed by atoms with van der Waals surface area (Å²) in [7, 11) is 3.65. The van der Waals surface area contributed by atoms with Crippen LogP contribution in [0.15, 0.2) is 24.3 Å². The Bertz CT molecular complexity index is 1270. The number of nitrogens with zero attached hydrogens (tertiary/aromatic N) is 4. The average molecular weight is 505 g/mol. The molecule has 0 radical (unpaired) electrons. The zero-order valence-electron chi connectivity index (χ0n) is 21.0. The standard InChI is InChI=1S/C25H31F3N6O2/c1-14(18-9-16(25(26,27)28)10-22(29)33-18)30-23-17-11-21(36-13-24(3)7-6-8-34(24)4)20(35-5)12-19(17)31-15(2)32-23/h9-12,14H,6-8,13H2,1-5H3,(H2,29,33)(H,30,31,32)/t14-,24+/m1/s1. The van der Waals surface area contributed by atoms with Gasteiger partial charge in [-0.3, -0.25) is 4.90 Å². The SMILES string of the molecule is COc1cc2nc(C)nc(N[C@H](C)c3cc(C(F)(F)F)cc(N)n3)c2cc1OC[C@]1(C)CCCN1C. The van der Waals surface area contributed by atoms with E-state index in [0.717, 1.165) is 31.5 Å². The molecule has 3 N–H and O–H groups in total. The second-order valence-electron chi connectivity index (χ2n) is 9.52. The van der Waals surface area contributed by atoms with Gasteiger partial charge in [0, 0.05) is 11.5 Å². The summed E-state index contributed by atoms with van der Waals surface area (Å²) >= 11 is 0. The van der Waals surface area contributed by atoms with E-state index in [1.165, 1.54) is 0 Å². The van der Waals surface area contributed by atoms with Gasteiger partial charge in [0.2, 0.25) is 0 Å². The fourth-order valence-corrected chi connectivity index (χ4v) is 4.45. The summed E-state index contributed by atoms with van der Waals surface area (Å²) in [6.07, 6.45) is -2.39. The molecule has 8 nitrogen and oxygen atoms in total. The number of hydrogen-bond donors (Lipinski definition) is 2. The number of benzene rings is 1. The molecule has 1 aliphatic rings. The third-order valence-electron chi connectivity index (χ3n) is 6.75. The van der Waals surface area contributed by atoms with Gasteiger partial charge in [0.1, 0.15) is 24.1 Å². The molecule has 0 amide bonds. The lowest BCUT2D eigenvalue weighted by Gasteiger charge is -2.32. The Morgan fingerprint density at radius 2 is 1.92 bits per heavy atom. The van der Waals surface area contributed by atoms with Gasteiger partial charge in [-0.1, -0.05) is 0 Å². The van der Waals surface area contributed by atoms with Gasteiger partial charge in [0.15, 0.2) is 11.5 Å². The minimum absolute atomic E-state index is 0.0889. The molecule has 3 heterocycles. The molecule has 1 saturated heterocycles. The van der Waals surface area contributed by atoms with Crippen molar-refractivity contribution in [2.24, 2.45) is 0 Å². The molecule has 1 aliphatic heterocycles. The van der Waals surface area contributed by atoms with Crippen molar-refractivity contribution < 1.29 is 22.6 Å². The maximum absolute atomic E-state index is 13.3. The van der Waals surface area contributed by atoms with Crippen LogP contribution >= 0.6 is 0 Å². The first-order valence-electron chi connectivity index (χ1n) is 11.7. The first-order chi connectivity index (χ1) is 16.9. The van der Waals surface area contributed by atoms with E-state index in [0.29, 0.717) is 40.7 Å². The van der Waals surface area contributed by atoms with Crippen molar-refractivity contribution in [3.05, 3.63) is 41.3 Å². The molecule has 0 spiro atoms. The highest BCUT2D eigenvalue weighted by molar-refractivity contribution is 5.92. The van der Waals surface area contributed by atoms with Gasteiger partial charge in [-0.15, -0.1) is 0 Å². The Hall–Kier alpha value is -3.34. The lowest BCUT2D eigenvalue weighted by Crippen LogP contribution is -2.43. The number of nitrogens with two attached hydrogens (primary N) is 1. The molecular weight excluding hydrogens is 473 g/mol. The Kier molecular flexibility index (Phi) is 6.87. The van der Waals surface area contributed by atoms with Gasteiger partial charge in [0.05, 0.1) is 35.5 Å². The monoisotopic (exact) mass is 504 g/mol. The van der Waals surface area contributed by atoms with E-state index in [9.17, 15) is 13.2 Å². The number of nitrogen functional groups attached to an aromatic ring is 1. The van der Waals surface area contributed by atoms with Crippen LogP contribution in [0.25, 0.3) is 10.9 Å². The predicted octanol–water partition coefficient (Wildman–Crippen LogP) is 4.98. The number of anilines is 2. The van der Waals surface area contributed by atoms with Gasteiger partial charge < -0.3 is 20.5 Å². The molecule has 4 rings (SSSR count). The van der Waals surface area contributed by atoms with Gasteiger partial charge in [-0.2, -0.15) is 13.2 Å².